The van der Waals surface area contributed by atoms with Gasteiger partial charge in [-0.15, -0.1) is 0 Å². The lowest BCUT2D eigenvalue weighted by Gasteiger charge is -1.97. The van der Waals surface area contributed by atoms with Crippen molar-refractivity contribution in [2.75, 3.05) is 0 Å². The van der Waals surface area contributed by atoms with Crippen molar-refractivity contribution in [1.29, 1.82) is 0 Å². The second-order valence-electron chi connectivity index (χ2n) is 3.36. The van der Waals surface area contributed by atoms with Gasteiger partial charge in [-0.3, -0.25) is 0 Å². The summed E-state index contributed by atoms with van der Waals surface area (Å²) in [6, 6.07) is 0. The van der Waals surface area contributed by atoms with Crippen LogP contribution in [-0.2, 0) is 9.59 Å². The molecule has 92 valence electrons. The number of hydrogen-bond acceptors (Lipinski definition) is 3. The number of carboxylic acid groups (broad SMARTS) is 2. The third kappa shape index (κ3) is 12.4. The predicted molar refractivity (Wildman–Crippen MR) is 60.1 cm³/mol. The second-order valence-corrected chi connectivity index (χ2v) is 3.36. The molecule has 0 aliphatic heterocycles. The minimum Gasteiger partial charge on any atom is -0.478 e. The molecule has 0 bridgehead atoms. The highest BCUT2D eigenvalue weighted by Crippen LogP contribution is 1.97. The quantitative estimate of drug-likeness (QED) is 0.635. The molecular weight excluding hydrogens is 212 g/mol. The van der Waals surface area contributed by atoms with Crippen molar-refractivity contribution < 1.29 is 24.9 Å². The Morgan fingerprint density at radius 3 is 1.81 bits per heavy atom. The first kappa shape index (κ1) is 16.8. The molecule has 0 fully saturated rings. The van der Waals surface area contributed by atoms with Gasteiger partial charge >= 0.3 is 11.9 Å². The molecule has 1 unspecified atom stereocenters. The lowest BCUT2D eigenvalue weighted by Crippen LogP contribution is -2.00. The molecule has 0 radical (unpaired) electrons. The standard InChI is InChI=1S/C7H12O3.C4H6O2/c1-5(7(9)10)3-4-6(2)8;1-3(2)4(5)6/h3,6,8H,4H2,1-2H3,(H,9,10);1H2,2H3,(H,5,6). The summed E-state index contributed by atoms with van der Waals surface area (Å²) in [6.07, 6.45) is 1.44. The summed E-state index contributed by atoms with van der Waals surface area (Å²) in [6.45, 7) is 7.72. The topological polar surface area (TPSA) is 94.8 Å². The minimum absolute atomic E-state index is 0.176. The third-order valence-electron chi connectivity index (χ3n) is 1.47. The van der Waals surface area contributed by atoms with E-state index in [-0.39, 0.29) is 11.1 Å². The van der Waals surface area contributed by atoms with E-state index in [4.69, 9.17) is 15.3 Å². The van der Waals surface area contributed by atoms with E-state index in [2.05, 4.69) is 6.58 Å². The number of carbonyl (C=O) groups is 2. The van der Waals surface area contributed by atoms with Gasteiger partial charge in [0, 0.05) is 11.1 Å². The van der Waals surface area contributed by atoms with E-state index in [1.165, 1.54) is 19.9 Å². The van der Waals surface area contributed by atoms with Crippen LogP contribution in [0.2, 0.25) is 0 Å². The maximum absolute atomic E-state index is 10.2. The van der Waals surface area contributed by atoms with Crippen molar-refractivity contribution >= 4 is 11.9 Å². The molecule has 0 aromatic carbocycles. The molecule has 0 spiro atoms. The van der Waals surface area contributed by atoms with Crippen LogP contribution in [0.1, 0.15) is 27.2 Å². The van der Waals surface area contributed by atoms with Crippen LogP contribution in [0.15, 0.2) is 23.8 Å². The van der Waals surface area contributed by atoms with E-state index in [0.717, 1.165) is 0 Å². The lowest BCUT2D eigenvalue weighted by atomic mass is 10.2. The lowest BCUT2D eigenvalue weighted by molar-refractivity contribution is -0.133. The van der Waals surface area contributed by atoms with E-state index in [1.807, 2.05) is 0 Å². The number of hydrogen-bond donors (Lipinski definition) is 3. The van der Waals surface area contributed by atoms with Crippen LogP contribution in [0.4, 0.5) is 0 Å². The summed E-state index contributed by atoms with van der Waals surface area (Å²) in [7, 11) is 0. The van der Waals surface area contributed by atoms with Gasteiger partial charge in [0.25, 0.3) is 0 Å². The maximum Gasteiger partial charge on any atom is 0.330 e. The van der Waals surface area contributed by atoms with Crippen molar-refractivity contribution in [2.45, 2.75) is 33.3 Å². The highest BCUT2D eigenvalue weighted by atomic mass is 16.4. The van der Waals surface area contributed by atoms with Crippen LogP contribution in [0.3, 0.4) is 0 Å². The Bertz CT molecular complexity index is 277. The van der Waals surface area contributed by atoms with E-state index in [0.29, 0.717) is 6.42 Å². The van der Waals surface area contributed by atoms with E-state index in [9.17, 15) is 9.59 Å². The normalized spacial score (nSPS) is 12.1. The average molecular weight is 230 g/mol. The molecular formula is C11H18O5. The van der Waals surface area contributed by atoms with Gasteiger partial charge in [0.15, 0.2) is 0 Å². The van der Waals surface area contributed by atoms with Gasteiger partial charge in [-0.05, 0) is 27.2 Å². The summed E-state index contributed by atoms with van der Waals surface area (Å²) >= 11 is 0. The SMILES string of the molecule is C=C(C)C(=O)O.CC(=CCC(C)O)C(=O)O. The zero-order chi connectivity index (χ0) is 13.3. The zero-order valence-electron chi connectivity index (χ0n) is 9.73. The fourth-order valence-corrected chi connectivity index (χ4v) is 0.435. The monoisotopic (exact) mass is 230 g/mol. The number of aliphatic hydroxyl groups is 1. The largest absolute Gasteiger partial charge is 0.478 e. The zero-order valence-corrected chi connectivity index (χ0v) is 9.73. The first-order valence-corrected chi connectivity index (χ1v) is 4.65. The molecule has 0 rings (SSSR count). The molecule has 0 aliphatic rings. The molecule has 3 N–H and O–H groups in total. The van der Waals surface area contributed by atoms with Gasteiger partial charge in [0.05, 0.1) is 6.10 Å². The van der Waals surface area contributed by atoms with Crippen LogP contribution < -0.4 is 0 Å². The predicted octanol–water partition coefficient (Wildman–Crippen LogP) is 1.44. The highest BCUT2D eigenvalue weighted by molar-refractivity contribution is 5.85. The van der Waals surface area contributed by atoms with Gasteiger partial charge in [-0.25, -0.2) is 9.59 Å². The average Bonchev–Trinajstić information content (AvgIpc) is 2.14. The van der Waals surface area contributed by atoms with Crippen molar-refractivity contribution in [2.24, 2.45) is 0 Å². The molecule has 5 heteroatoms. The number of rotatable bonds is 4. The smallest absolute Gasteiger partial charge is 0.330 e. The molecule has 1 atom stereocenters. The first-order valence-electron chi connectivity index (χ1n) is 4.65. The molecule has 5 nitrogen and oxygen atoms in total. The van der Waals surface area contributed by atoms with Crippen LogP contribution in [0.5, 0.6) is 0 Å². The summed E-state index contributed by atoms with van der Waals surface area (Å²) in [5.41, 5.74) is 0.455. The highest BCUT2D eigenvalue weighted by Gasteiger charge is 1.99. The van der Waals surface area contributed by atoms with Crippen LogP contribution in [0.25, 0.3) is 0 Å². The van der Waals surface area contributed by atoms with Gasteiger partial charge in [0.2, 0.25) is 0 Å². The summed E-state index contributed by atoms with van der Waals surface area (Å²) in [5, 5.41) is 25.0. The van der Waals surface area contributed by atoms with Gasteiger partial charge in [-0.2, -0.15) is 0 Å². The Morgan fingerprint density at radius 2 is 1.62 bits per heavy atom. The van der Waals surface area contributed by atoms with Crippen molar-refractivity contribution in [1.82, 2.24) is 0 Å². The van der Waals surface area contributed by atoms with E-state index < -0.39 is 18.0 Å². The molecule has 16 heavy (non-hydrogen) atoms. The van der Waals surface area contributed by atoms with E-state index >= 15 is 0 Å². The van der Waals surface area contributed by atoms with E-state index in [1.54, 1.807) is 6.92 Å². The van der Waals surface area contributed by atoms with Crippen LogP contribution in [0, 0.1) is 0 Å². The third-order valence-corrected chi connectivity index (χ3v) is 1.47. The molecule has 0 saturated carbocycles. The van der Waals surface area contributed by atoms with Crippen molar-refractivity contribution in [3.05, 3.63) is 23.8 Å². The maximum atomic E-state index is 10.2. The summed E-state index contributed by atoms with van der Waals surface area (Å²) in [4.78, 5) is 19.8. The molecule has 0 heterocycles. The summed E-state index contributed by atoms with van der Waals surface area (Å²) in [5.74, 6) is -1.87. The Hall–Kier alpha value is -1.62. The Morgan fingerprint density at radius 1 is 1.25 bits per heavy atom. The van der Waals surface area contributed by atoms with Crippen molar-refractivity contribution in [3.8, 4) is 0 Å². The van der Waals surface area contributed by atoms with Gasteiger partial charge < -0.3 is 15.3 Å². The summed E-state index contributed by atoms with van der Waals surface area (Å²) < 4.78 is 0. The molecule has 0 saturated heterocycles. The van der Waals surface area contributed by atoms with Gasteiger partial charge in [-0.1, -0.05) is 12.7 Å². The molecule has 0 amide bonds. The first-order chi connectivity index (χ1) is 7.18. The Kier molecular flexibility index (Phi) is 9.10. The minimum atomic E-state index is -0.935. The number of aliphatic hydroxyl groups excluding tert-OH is 1. The van der Waals surface area contributed by atoms with Crippen LogP contribution in [-0.4, -0.2) is 33.4 Å². The molecule has 0 aromatic heterocycles. The van der Waals surface area contributed by atoms with Crippen molar-refractivity contribution in [3.63, 3.8) is 0 Å². The molecule has 0 aromatic rings. The van der Waals surface area contributed by atoms with Crippen LogP contribution >= 0.6 is 0 Å². The fourth-order valence-electron chi connectivity index (χ4n) is 0.435. The second kappa shape index (κ2) is 8.67. The number of aliphatic carboxylic acids is 2. The number of carboxylic acids is 2. The molecule has 0 aliphatic carbocycles. The fraction of sp³-hybridized carbons (Fsp3) is 0.455. The van der Waals surface area contributed by atoms with Gasteiger partial charge in [0.1, 0.15) is 0 Å². The Balaban J connectivity index is 0. The Labute approximate surface area is 94.7 Å².